The molecule has 1 unspecified atom stereocenters. The molecule has 17 heavy (non-hydrogen) atoms. The van der Waals surface area contributed by atoms with Gasteiger partial charge in [-0.2, -0.15) is 0 Å². The van der Waals surface area contributed by atoms with E-state index in [0.717, 1.165) is 15.3 Å². The Kier molecular flexibility index (Phi) is 5.92. The molecule has 1 rings (SSSR count). The van der Waals surface area contributed by atoms with Crippen LogP contribution in [0.2, 0.25) is 0 Å². The Morgan fingerprint density at radius 2 is 2.24 bits per heavy atom. The third-order valence-electron chi connectivity index (χ3n) is 2.22. The summed E-state index contributed by atoms with van der Waals surface area (Å²) in [7, 11) is 0. The van der Waals surface area contributed by atoms with Gasteiger partial charge in [0.15, 0.2) is 0 Å². The average molecular weight is 319 g/mol. The van der Waals surface area contributed by atoms with Gasteiger partial charge >= 0.3 is 0 Å². The van der Waals surface area contributed by atoms with Crippen molar-refractivity contribution in [3.63, 3.8) is 0 Å². The summed E-state index contributed by atoms with van der Waals surface area (Å²) in [5, 5.41) is 13.8. The molecule has 0 bridgehead atoms. The van der Waals surface area contributed by atoms with Gasteiger partial charge in [-0.15, -0.1) is 11.8 Å². The van der Waals surface area contributed by atoms with Crippen LogP contribution in [0.15, 0.2) is 27.8 Å². The molecular formula is C12H19BrN2OS. The number of hydrogen-bond donors (Lipinski definition) is 2. The van der Waals surface area contributed by atoms with Gasteiger partial charge in [0.2, 0.25) is 0 Å². The van der Waals surface area contributed by atoms with E-state index in [2.05, 4.69) is 40.1 Å². The third kappa shape index (κ3) is 5.38. The molecule has 3 nitrogen and oxygen atoms in total. The molecule has 1 heterocycles. The Bertz CT molecular complexity index is 345. The number of pyridine rings is 1. The molecule has 2 N–H and O–H groups in total. The van der Waals surface area contributed by atoms with Crippen LogP contribution in [0.5, 0.6) is 0 Å². The molecule has 5 heteroatoms. The van der Waals surface area contributed by atoms with Crippen molar-refractivity contribution >= 4 is 27.7 Å². The molecule has 0 radical (unpaired) electrons. The molecule has 0 fully saturated rings. The number of halogens is 1. The lowest BCUT2D eigenvalue weighted by Crippen LogP contribution is -2.51. The standard InChI is InChI=1S/C12H19BrN2OS/c1-9(2)15-12(3,7-16)8-17-11-5-4-10(13)6-14-11/h4-6,9,15-16H,7-8H2,1-3H3. The van der Waals surface area contributed by atoms with Crippen LogP contribution in [0, 0.1) is 0 Å². The number of nitrogens with zero attached hydrogens (tertiary/aromatic N) is 1. The van der Waals surface area contributed by atoms with Gasteiger partial charge in [-0.05, 0) is 35.0 Å². The molecule has 96 valence electrons. The van der Waals surface area contributed by atoms with E-state index in [4.69, 9.17) is 0 Å². The largest absolute Gasteiger partial charge is 0.394 e. The number of aliphatic hydroxyl groups excluding tert-OH is 1. The van der Waals surface area contributed by atoms with E-state index >= 15 is 0 Å². The van der Waals surface area contributed by atoms with Crippen molar-refractivity contribution in [2.75, 3.05) is 12.4 Å². The van der Waals surface area contributed by atoms with E-state index in [1.54, 1.807) is 18.0 Å². The third-order valence-corrected chi connectivity index (χ3v) is 4.01. The van der Waals surface area contributed by atoms with E-state index in [1.807, 2.05) is 19.1 Å². The van der Waals surface area contributed by atoms with Crippen LogP contribution in [-0.4, -0.2) is 34.0 Å². The van der Waals surface area contributed by atoms with Gasteiger partial charge in [0, 0.05) is 28.0 Å². The molecule has 0 aliphatic heterocycles. The normalized spacial score (nSPS) is 14.9. The highest BCUT2D eigenvalue weighted by molar-refractivity contribution is 9.10. The zero-order valence-corrected chi connectivity index (χ0v) is 12.8. The fourth-order valence-electron chi connectivity index (χ4n) is 1.51. The second-order valence-electron chi connectivity index (χ2n) is 4.62. The Labute approximate surface area is 116 Å². The number of nitrogens with one attached hydrogen (secondary N) is 1. The predicted molar refractivity (Wildman–Crippen MR) is 76.4 cm³/mol. The van der Waals surface area contributed by atoms with Gasteiger partial charge in [-0.25, -0.2) is 4.98 Å². The maximum atomic E-state index is 9.45. The second kappa shape index (κ2) is 6.73. The van der Waals surface area contributed by atoms with Crippen molar-refractivity contribution in [1.29, 1.82) is 0 Å². The lowest BCUT2D eigenvalue weighted by atomic mass is 10.1. The molecule has 0 saturated carbocycles. The average Bonchev–Trinajstić information content (AvgIpc) is 2.27. The minimum atomic E-state index is -0.270. The lowest BCUT2D eigenvalue weighted by Gasteiger charge is -2.30. The Morgan fingerprint density at radius 1 is 1.53 bits per heavy atom. The van der Waals surface area contributed by atoms with E-state index < -0.39 is 0 Å². The lowest BCUT2D eigenvalue weighted by molar-refractivity contribution is 0.183. The number of rotatable bonds is 6. The zero-order chi connectivity index (χ0) is 12.9. The van der Waals surface area contributed by atoms with Crippen LogP contribution in [0.3, 0.4) is 0 Å². The van der Waals surface area contributed by atoms with Crippen molar-refractivity contribution in [3.8, 4) is 0 Å². The summed E-state index contributed by atoms with van der Waals surface area (Å²) < 4.78 is 0.979. The summed E-state index contributed by atoms with van der Waals surface area (Å²) >= 11 is 5.01. The summed E-state index contributed by atoms with van der Waals surface area (Å²) in [6, 6.07) is 4.30. The highest BCUT2D eigenvalue weighted by atomic mass is 79.9. The van der Waals surface area contributed by atoms with Crippen LogP contribution in [-0.2, 0) is 0 Å². The highest BCUT2D eigenvalue weighted by Gasteiger charge is 2.24. The molecule has 0 aliphatic carbocycles. The maximum absolute atomic E-state index is 9.45. The molecule has 0 saturated heterocycles. The van der Waals surface area contributed by atoms with Crippen LogP contribution in [0.1, 0.15) is 20.8 Å². The Morgan fingerprint density at radius 3 is 2.71 bits per heavy atom. The Balaban J connectivity index is 2.55. The molecule has 1 aromatic rings. The van der Waals surface area contributed by atoms with Crippen LogP contribution in [0.25, 0.3) is 0 Å². The second-order valence-corrected chi connectivity index (χ2v) is 6.53. The summed E-state index contributed by atoms with van der Waals surface area (Å²) in [5.41, 5.74) is -0.270. The first kappa shape index (κ1) is 15.0. The van der Waals surface area contributed by atoms with Crippen molar-refractivity contribution in [3.05, 3.63) is 22.8 Å². The smallest absolute Gasteiger partial charge is 0.0961 e. The van der Waals surface area contributed by atoms with Gasteiger partial charge in [0.1, 0.15) is 0 Å². The van der Waals surface area contributed by atoms with E-state index in [9.17, 15) is 5.11 Å². The number of thioether (sulfide) groups is 1. The fourth-order valence-corrected chi connectivity index (χ4v) is 2.68. The minimum Gasteiger partial charge on any atom is -0.394 e. The molecule has 0 aromatic carbocycles. The molecule has 0 aliphatic rings. The van der Waals surface area contributed by atoms with Gasteiger partial charge in [-0.1, -0.05) is 13.8 Å². The molecule has 1 aromatic heterocycles. The van der Waals surface area contributed by atoms with Gasteiger partial charge in [0.05, 0.1) is 11.6 Å². The number of aromatic nitrogens is 1. The first-order valence-electron chi connectivity index (χ1n) is 5.58. The molecular weight excluding hydrogens is 300 g/mol. The van der Waals surface area contributed by atoms with Crippen molar-refractivity contribution in [2.24, 2.45) is 0 Å². The first-order chi connectivity index (χ1) is 7.95. The Hall–Kier alpha value is -0.100. The van der Waals surface area contributed by atoms with Crippen LogP contribution < -0.4 is 5.32 Å². The van der Waals surface area contributed by atoms with Crippen LogP contribution >= 0.6 is 27.7 Å². The molecule has 0 spiro atoms. The van der Waals surface area contributed by atoms with Crippen molar-refractivity contribution in [2.45, 2.75) is 37.4 Å². The molecule has 1 atom stereocenters. The summed E-state index contributed by atoms with van der Waals surface area (Å²) in [6.45, 7) is 6.31. The summed E-state index contributed by atoms with van der Waals surface area (Å²) in [5.74, 6) is 0.788. The minimum absolute atomic E-state index is 0.120. The quantitative estimate of drug-likeness (QED) is 0.792. The monoisotopic (exact) mass is 318 g/mol. The maximum Gasteiger partial charge on any atom is 0.0961 e. The van der Waals surface area contributed by atoms with Crippen LogP contribution in [0.4, 0.5) is 0 Å². The number of hydrogen-bond acceptors (Lipinski definition) is 4. The summed E-state index contributed by atoms with van der Waals surface area (Å²) in [4.78, 5) is 4.30. The van der Waals surface area contributed by atoms with Crippen molar-refractivity contribution in [1.82, 2.24) is 10.3 Å². The fraction of sp³-hybridized carbons (Fsp3) is 0.583. The topological polar surface area (TPSA) is 45.1 Å². The zero-order valence-electron chi connectivity index (χ0n) is 10.4. The van der Waals surface area contributed by atoms with E-state index in [1.165, 1.54) is 0 Å². The number of aliphatic hydroxyl groups is 1. The highest BCUT2D eigenvalue weighted by Crippen LogP contribution is 2.22. The van der Waals surface area contributed by atoms with E-state index in [0.29, 0.717) is 6.04 Å². The van der Waals surface area contributed by atoms with Crippen molar-refractivity contribution < 1.29 is 5.11 Å². The van der Waals surface area contributed by atoms with Gasteiger partial charge in [-0.3, -0.25) is 0 Å². The van der Waals surface area contributed by atoms with Gasteiger partial charge in [0.25, 0.3) is 0 Å². The first-order valence-corrected chi connectivity index (χ1v) is 7.36. The van der Waals surface area contributed by atoms with Gasteiger partial charge < -0.3 is 10.4 Å². The van der Waals surface area contributed by atoms with E-state index in [-0.39, 0.29) is 12.1 Å². The predicted octanol–water partition coefficient (Wildman–Crippen LogP) is 2.69. The summed E-state index contributed by atoms with van der Waals surface area (Å²) in [6.07, 6.45) is 1.79. The molecule has 0 amide bonds. The SMILES string of the molecule is CC(C)NC(C)(CO)CSc1ccc(Br)cn1.